The number of nitrogens with one attached hydrogen (secondary N) is 1. The minimum Gasteiger partial charge on any atom is -0.396 e. The van der Waals surface area contributed by atoms with E-state index in [1.807, 2.05) is 0 Å². The van der Waals surface area contributed by atoms with E-state index in [0.717, 1.165) is 12.1 Å². The fourth-order valence-electron chi connectivity index (χ4n) is 1.26. The van der Waals surface area contributed by atoms with Gasteiger partial charge >= 0.3 is 0 Å². The predicted octanol–water partition coefficient (Wildman–Crippen LogP) is 3.34. The SMILES string of the molecule is Nc1ccc(Cl)nc1Nc1ccc(F)c(F)c1. The fourth-order valence-corrected chi connectivity index (χ4v) is 1.40. The van der Waals surface area contributed by atoms with Crippen LogP contribution in [0.25, 0.3) is 0 Å². The third kappa shape index (κ3) is 2.62. The molecule has 0 radical (unpaired) electrons. The summed E-state index contributed by atoms with van der Waals surface area (Å²) in [5.74, 6) is -1.57. The van der Waals surface area contributed by atoms with Crippen molar-refractivity contribution in [1.82, 2.24) is 4.98 Å². The molecule has 1 aromatic carbocycles. The molecule has 0 bridgehead atoms. The lowest BCUT2D eigenvalue weighted by atomic mass is 10.3. The first-order chi connectivity index (χ1) is 8.06. The first kappa shape index (κ1) is 11.6. The van der Waals surface area contributed by atoms with Crippen LogP contribution in [-0.2, 0) is 0 Å². The summed E-state index contributed by atoms with van der Waals surface area (Å²) in [7, 11) is 0. The van der Waals surface area contributed by atoms with Crippen molar-refractivity contribution in [2.75, 3.05) is 11.1 Å². The van der Waals surface area contributed by atoms with Crippen molar-refractivity contribution in [2.24, 2.45) is 0 Å². The Morgan fingerprint density at radius 3 is 2.59 bits per heavy atom. The molecule has 0 aliphatic carbocycles. The number of aromatic nitrogens is 1. The summed E-state index contributed by atoms with van der Waals surface area (Å²) in [5, 5.41) is 3.01. The Hall–Kier alpha value is -1.88. The fraction of sp³-hybridized carbons (Fsp3) is 0. The molecule has 2 rings (SSSR count). The van der Waals surface area contributed by atoms with E-state index in [-0.39, 0.29) is 5.15 Å². The molecule has 0 aliphatic heterocycles. The van der Waals surface area contributed by atoms with Crippen molar-refractivity contribution in [3.8, 4) is 0 Å². The molecule has 6 heteroatoms. The van der Waals surface area contributed by atoms with E-state index < -0.39 is 11.6 Å². The summed E-state index contributed by atoms with van der Waals surface area (Å²) in [5.41, 5.74) is 6.35. The summed E-state index contributed by atoms with van der Waals surface area (Å²) in [6.07, 6.45) is 0. The van der Waals surface area contributed by atoms with Gasteiger partial charge in [0.1, 0.15) is 5.15 Å². The zero-order valence-corrected chi connectivity index (χ0v) is 9.30. The van der Waals surface area contributed by atoms with Crippen LogP contribution < -0.4 is 11.1 Å². The lowest BCUT2D eigenvalue weighted by Crippen LogP contribution is -2.00. The molecule has 1 aromatic heterocycles. The van der Waals surface area contributed by atoms with Crippen LogP contribution in [0.15, 0.2) is 30.3 Å². The molecule has 88 valence electrons. The molecule has 0 saturated heterocycles. The van der Waals surface area contributed by atoms with E-state index in [0.29, 0.717) is 17.2 Å². The van der Waals surface area contributed by atoms with Crippen LogP contribution in [0.4, 0.5) is 26.0 Å². The number of pyridine rings is 1. The molecule has 0 spiro atoms. The number of hydrogen-bond donors (Lipinski definition) is 2. The van der Waals surface area contributed by atoms with Crippen molar-refractivity contribution in [1.29, 1.82) is 0 Å². The molecule has 3 nitrogen and oxygen atoms in total. The maximum atomic E-state index is 13.0. The van der Waals surface area contributed by atoms with Crippen LogP contribution in [0.3, 0.4) is 0 Å². The number of nitrogens with two attached hydrogens (primary N) is 1. The molecule has 17 heavy (non-hydrogen) atoms. The number of hydrogen-bond acceptors (Lipinski definition) is 3. The first-order valence-electron chi connectivity index (χ1n) is 4.70. The summed E-state index contributed by atoms with van der Waals surface area (Å²) in [6.45, 7) is 0. The molecule has 3 N–H and O–H groups in total. The molecule has 0 amide bonds. The van der Waals surface area contributed by atoms with Crippen LogP contribution >= 0.6 is 11.6 Å². The van der Waals surface area contributed by atoms with Gasteiger partial charge in [-0.2, -0.15) is 0 Å². The van der Waals surface area contributed by atoms with Gasteiger partial charge in [0.2, 0.25) is 0 Å². The number of benzene rings is 1. The topological polar surface area (TPSA) is 50.9 Å². The minimum atomic E-state index is -0.949. The van der Waals surface area contributed by atoms with Crippen LogP contribution in [0, 0.1) is 11.6 Å². The average molecular weight is 256 g/mol. The van der Waals surface area contributed by atoms with E-state index in [2.05, 4.69) is 10.3 Å². The van der Waals surface area contributed by atoms with Gasteiger partial charge in [-0.1, -0.05) is 11.6 Å². The van der Waals surface area contributed by atoms with Gasteiger partial charge < -0.3 is 11.1 Å². The van der Waals surface area contributed by atoms with Gasteiger partial charge in [0.15, 0.2) is 17.5 Å². The maximum Gasteiger partial charge on any atom is 0.160 e. The second-order valence-electron chi connectivity index (χ2n) is 3.33. The van der Waals surface area contributed by atoms with Gasteiger partial charge in [-0.3, -0.25) is 0 Å². The lowest BCUT2D eigenvalue weighted by Gasteiger charge is -2.08. The Morgan fingerprint density at radius 2 is 1.88 bits per heavy atom. The molecular formula is C11H8ClF2N3. The number of nitrogen functional groups attached to an aromatic ring is 1. The highest BCUT2D eigenvalue weighted by Crippen LogP contribution is 2.23. The highest BCUT2D eigenvalue weighted by molar-refractivity contribution is 6.29. The molecular weight excluding hydrogens is 248 g/mol. The zero-order chi connectivity index (χ0) is 12.4. The Kier molecular flexibility index (Phi) is 3.10. The van der Waals surface area contributed by atoms with Crippen molar-refractivity contribution in [3.63, 3.8) is 0 Å². The normalized spacial score (nSPS) is 10.3. The van der Waals surface area contributed by atoms with Gasteiger partial charge in [-0.25, -0.2) is 13.8 Å². The second kappa shape index (κ2) is 4.55. The van der Waals surface area contributed by atoms with Crippen LogP contribution in [0.5, 0.6) is 0 Å². The second-order valence-corrected chi connectivity index (χ2v) is 3.71. The van der Waals surface area contributed by atoms with Crippen molar-refractivity contribution in [2.45, 2.75) is 0 Å². The van der Waals surface area contributed by atoms with Crippen LogP contribution in [-0.4, -0.2) is 4.98 Å². The van der Waals surface area contributed by atoms with Crippen molar-refractivity contribution >= 4 is 28.8 Å². The maximum absolute atomic E-state index is 13.0. The first-order valence-corrected chi connectivity index (χ1v) is 5.08. The molecule has 0 atom stereocenters. The summed E-state index contributed by atoms with van der Waals surface area (Å²) < 4.78 is 25.7. The Bertz CT molecular complexity index is 560. The number of halogens is 3. The number of nitrogens with zero attached hydrogens (tertiary/aromatic N) is 1. The number of rotatable bonds is 2. The van der Waals surface area contributed by atoms with Gasteiger partial charge in [-0.05, 0) is 24.3 Å². The quantitative estimate of drug-likeness (QED) is 0.809. The standard InChI is InChI=1S/C11H8ClF2N3/c12-10-4-3-9(15)11(17-10)16-6-1-2-7(13)8(14)5-6/h1-5H,15H2,(H,16,17). The third-order valence-electron chi connectivity index (χ3n) is 2.07. The molecule has 2 aromatic rings. The van der Waals surface area contributed by atoms with Crippen LogP contribution in [0.2, 0.25) is 5.15 Å². The lowest BCUT2D eigenvalue weighted by molar-refractivity contribution is 0.509. The van der Waals surface area contributed by atoms with E-state index in [4.69, 9.17) is 17.3 Å². The van der Waals surface area contributed by atoms with E-state index in [9.17, 15) is 8.78 Å². The predicted molar refractivity (Wildman–Crippen MR) is 63.3 cm³/mol. The van der Waals surface area contributed by atoms with Gasteiger partial charge in [0.25, 0.3) is 0 Å². The van der Waals surface area contributed by atoms with Crippen molar-refractivity contribution in [3.05, 3.63) is 47.1 Å². The largest absolute Gasteiger partial charge is 0.396 e. The van der Waals surface area contributed by atoms with Gasteiger partial charge in [0, 0.05) is 11.8 Å². The number of anilines is 3. The zero-order valence-electron chi connectivity index (χ0n) is 8.55. The third-order valence-corrected chi connectivity index (χ3v) is 2.29. The molecule has 0 saturated carbocycles. The average Bonchev–Trinajstić information content (AvgIpc) is 2.29. The molecule has 0 unspecified atom stereocenters. The molecule has 0 fully saturated rings. The van der Waals surface area contributed by atoms with Crippen LogP contribution in [0.1, 0.15) is 0 Å². The van der Waals surface area contributed by atoms with E-state index in [1.54, 1.807) is 6.07 Å². The highest BCUT2D eigenvalue weighted by Gasteiger charge is 2.06. The van der Waals surface area contributed by atoms with E-state index >= 15 is 0 Å². The minimum absolute atomic E-state index is 0.254. The Labute approximate surface area is 101 Å². The Balaban J connectivity index is 2.31. The summed E-state index contributed by atoms with van der Waals surface area (Å²) in [4.78, 5) is 3.93. The molecule has 1 heterocycles. The smallest absolute Gasteiger partial charge is 0.160 e. The van der Waals surface area contributed by atoms with E-state index in [1.165, 1.54) is 12.1 Å². The summed E-state index contributed by atoms with van der Waals surface area (Å²) >= 11 is 5.70. The Morgan fingerprint density at radius 1 is 1.12 bits per heavy atom. The van der Waals surface area contributed by atoms with Crippen molar-refractivity contribution < 1.29 is 8.78 Å². The summed E-state index contributed by atoms with van der Waals surface area (Å²) in [6, 6.07) is 6.50. The monoisotopic (exact) mass is 255 g/mol. The van der Waals surface area contributed by atoms with Gasteiger partial charge in [-0.15, -0.1) is 0 Å². The molecule has 0 aliphatic rings. The highest BCUT2D eigenvalue weighted by atomic mass is 35.5. The van der Waals surface area contributed by atoms with Gasteiger partial charge in [0.05, 0.1) is 5.69 Å².